The van der Waals surface area contributed by atoms with Crippen molar-refractivity contribution in [2.75, 3.05) is 20.6 Å². The van der Waals surface area contributed by atoms with Gasteiger partial charge in [0.15, 0.2) is 0 Å². The molecule has 0 aromatic carbocycles. The number of hydrogen-bond acceptors (Lipinski definition) is 4. The van der Waals surface area contributed by atoms with Crippen LogP contribution in [0.5, 0.6) is 0 Å². The number of aromatic nitrogens is 1. The summed E-state index contributed by atoms with van der Waals surface area (Å²) in [6.07, 6.45) is 0.919. The molecule has 0 radical (unpaired) electrons. The zero-order chi connectivity index (χ0) is 12.8. The number of nitrogens with one attached hydrogen (secondary N) is 1. The smallest absolute Gasteiger partial charge is 0.233 e. The summed E-state index contributed by atoms with van der Waals surface area (Å²) in [7, 11) is 3.58. The zero-order valence-corrected chi connectivity index (χ0v) is 11.9. The van der Waals surface area contributed by atoms with E-state index in [-0.39, 0.29) is 11.9 Å². The van der Waals surface area contributed by atoms with Crippen molar-refractivity contribution < 1.29 is 4.79 Å². The number of alkyl halides is 1. The van der Waals surface area contributed by atoms with Gasteiger partial charge in [-0.15, -0.1) is 22.9 Å². The van der Waals surface area contributed by atoms with Gasteiger partial charge < -0.3 is 5.32 Å². The summed E-state index contributed by atoms with van der Waals surface area (Å²) in [5, 5.41) is 5.62. The van der Waals surface area contributed by atoms with E-state index in [1.807, 2.05) is 17.3 Å². The molecule has 1 aromatic heterocycles. The Morgan fingerprint density at radius 3 is 2.88 bits per heavy atom. The van der Waals surface area contributed by atoms with Crippen LogP contribution < -0.4 is 5.32 Å². The molecule has 0 bridgehead atoms. The fraction of sp³-hybridized carbons (Fsp3) is 0.636. The van der Waals surface area contributed by atoms with Crippen molar-refractivity contribution in [1.82, 2.24) is 15.2 Å². The van der Waals surface area contributed by atoms with Gasteiger partial charge in [-0.3, -0.25) is 9.69 Å². The van der Waals surface area contributed by atoms with Crippen molar-refractivity contribution in [2.45, 2.75) is 25.3 Å². The number of amides is 1. The molecular formula is C11H18ClN3OS. The molecule has 1 heterocycles. The van der Waals surface area contributed by atoms with Gasteiger partial charge in [-0.1, -0.05) is 6.92 Å². The topological polar surface area (TPSA) is 45.2 Å². The van der Waals surface area contributed by atoms with E-state index in [4.69, 9.17) is 11.6 Å². The SMILES string of the molecule is CCC(c1nc(CCl)cs1)N(C)CC(=O)NC. The molecule has 0 saturated carbocycles. The predicted molar refractivity (Wildman–Crippen MR) is 71.4 cm³/mol. The second-order valence-electron chi connectivity index (χ2n) is 3.82. The highest BCUT2D eigenvalue weighted by molar-refractivity contribution is 7.09. The molecule has 4 nitrogen and oxygen atoms in total. The Balaban J connectivity index is 2.72. The summed E-state index contributed by atoms with van der Waals surface area (Å²) in [5.41, 5.74) is 0.901. The van der Waals surface area contributed by atoms with E-state index in [0.29, 0.717) is 12.4 Å². The van der Waals surface area contributed by atoms with E-state index < -0.39 is 0 Å². The van der Waals surface area contributed by atoms with Gasteiger partial charge in [0, 0.05) is 12.4 Å². The lowest BCUT2D eigenvalue weighted by molar-refractivity contribution is -0.122. The minimum Gasteiger partial charge on any atom is -0.358 e. The van der Waals surface area contributed by atoms with Crippen LogP contribution in [0.25, 0.3) is 0 Å². The van der Waals surface area contributed by atoms with E-state index in [0.717, 1.165) is 17.1 Å². The highest BCUT2D eigenvalue weighted by Crippen LogP contribution is 2.26. The molecule has 6 heteroatoms. The van der Waals surface area contributed by atoms with Gasteiger partial charge in [0.25, 0.3) is 0 Å². The third-order valence-electron chi connectivity index (χ3n) is 2.58. The number of carbonyl (C=O) groups is 1. The highest BCUT2D eigenvalue weighted by Gasteiger charge is 2.20. The Kier molecular flexibility index (Phi) is 5.88. The average Bonchev–Trinajstić information content (AvgIpc) is 2.78. The van der Waals surface area contributed by atoms with Crippen LogP contribution in [0.2, 0.25) is 0 Å². The first kappa shape index (κ1) is 14.4. The first-order valence-electron chi connectivity index (χ1n) is 5.53. The lowest BCUT2D eigenvalue weighted by Gasteiger charge is -2.24. The fourth-order valence-electron chi connectivity index (χ4n) is 1.63. The van der Waals surface area contributed by atoms with Crippen molar-refractivity contribution in [1.29, 1.82) is 0 Å². The van der Waals surface area contributed by atoms with Crippen molar-refractivity contribution in [2.24, 2.45) is 0 Å². The fourth-order valence-corrected chi connectivity index (χ4v) is 2.92. The van der Waals surface area contributed by atoms with E-state index in [1.54, 1.807) is 18.4 Å². The largest absolute Gasteiger partial charge is 0.358 e. The first-order chi connectivity index (χ1) is 8.12. The van der Waals surface area contributed by atoms with Crippen molar-refractivity contribution in [3.8, 4) is 0 Å². The molecule has 0 aliphatic carbocycles. The highest BCUT2D eigenvalue weighted by atomic mass is 35.5. The Bertz CT molecular complexity index is 369. The van der Waals surface area contributed by atoms with Gasteiger partial charge >= 0.3 is 0 Å². The Labute approximate surface area is 111 Å². The number of halogens is 1. The number of thiazole rings is 1. The quantitative estimate of drug-likeness (QED) is 0.808. The van der Waals surface area contributed by atoms with Crippen LogP contribution in [-0.2, 0) is 10.7 Å². The molecular weight excluding hydrogens is 258 g/mol. The monoisotopic (exact) mass is 275 g/mol. The number of hydrogen-bond donors (Lipinski definition) is 1. The molecule has 1 atom stereocenters. The summed E-state index contributed by atoms with van der Waals surface area (Å²) in [4.78, 5) is 17.8. The molecule has 1 N–H and O–H groups in total. The lowest BCUT2D eigenvalue weighted by atomic mass is 10.2. The second kappa shape index (κ2) is 6.93. The maximum Gasteiger partial charge on any atom is 0.233 e. The summed E-state index contributed by atoms with van der Waals surface area (Å²) in [5.74, 6) is 0.451. The zero-order valence-electron chi connectivity index (χ0n) is 10.4. The van der Waals surface area contributed by atoms with Gasteiger partial charge in [0.1, 0.15) is 5.01 Å². The van der Waals surface area contributed by atoms with Crippen LogP contribution in [0.1, 0.15) is 30.1 Å². The number of nitrogens with zero attached hydrogens (tertiary/aromatic N) is 2. The third-order valence-corrected chi connectivity index (χ3v) is 3.85. The Morgan fingerprint density at radius 2 is 2.41 bits per heavy atom. The van der Waals surface area contributed by atoms with E-state index in [1.165, 1.54) is 0 Å². The number of carbonyl (C=O) groups excluding carboxylic acids is 1. The summed E-state index contributed by atoms with van der Waals surface area (Å²) in [6, 6.07) is 0.175. The van der Waals surface area contributed by atoms with E-state index in [2.05, 4.69) is 17.2 Å². The molecule has 1 amide bonds. The van der Waals surface area contributed by atoms with Crippen LogP contribution in [0.15, 0.2) is 5.38 Å². The molecule has 0 aliphatic heterocycles. The van der Waals surface area contributed by atoms with Crippen LogP contribution in [-0.4, -0.2) is 36.4 Å². The van der Waals surface area contributed by atoms with Gasteiger partial charge in [-0.2, -0.15) is 0 Å². The molecule has 96 valence electrons. The molecule has 0 spiro atoms. The van der Waals surface area contributed by atoms with Crippen molar-refractivity contribution in [3.05, 3.63) is 16.1 Å². The molecule has 1 rings (SSSR count). The van der Waals surface area contributed by atoms with Crippen molar-refractivity contribution >= 4 is 28.8 Å². The minimum absolute atomic E-state index is 0.0140. The summed E-state index contributed by atoms with van der Waals surface area (Å²) < 4.78 is 0. The second-order valence-corrected chi connectivity index (χ2v) is 4.98. The molecule has 0 aliphatic rings. The molecule has 1 aromatic rings. The number of likely N-dealkylation sites (N-methyl/N-ethyl adjacent to an activating group) is 2. The summed E-state index contributed by atoms with van der Waals surface area (Å²) in [6.45, 7) is 2.47. The Hall–Kier alpha value is -0.650. The standard InChI is InChI=1S/C11H18ClN3OS/c1-4-9(15(3)6-10(16)13-2)11-14-8(5-12)7-17-11/h7,9H,4-6H2,1-3H3,(H,13,16). The van der Waals surface area contributed by atoms with E-state index in [9.17, 15) is 4.79 Å². The summed E-state index contributed by atoms with van der Waals surface area (Å²) >= 11 is 7.34. The minimum atomic E-state index is 0.0140. The maximum atomic E-state index is 11.3. The number of rotatable bonds is 6. The molecule has 1 unspecified atom stereocenters. The predicted octanol–water partition coefficient (Wildman–Crippen LogP) is 2.01. The maximum absolute atomic E-state index is 11.3. The molecule has 17 heavy (non-hydrogen) atoms. The Morgan fingerprint density at radius 1 is 1.71 bits per heavy atom. The first-order valence-corrected chi connectivity index (χ1v) is 6.94. The lowest BCUT2D eigenvalue weighted by Crippen LogP contribution is -2.35. The molecule has 0 saturated heterocycles. The van der Waals surface area contributed by atoms with Gasteiger partial charge in [-0.25, -0.2) is 4.98 Å². The van der Waals surface area contributed by atoms with Crippen LogP contribution >= 0.6 is 22.9 Å². The normalized spacial score (nSPS) is 12.8. The van der Waals surface area contributed by atoms with Gasteiger partial charge in [0.2, 0.25) is 5.91 Å². The van der Waals surface area contributed by atoms with Gasteiger partial charge in [-0.05, 0) is 13.5 Å². The van der Waals surface area contributed by atoms with E-state index >= 15 is 0 Å². The van der Waals surface area contributed by atoms with Crippen LogP contribution in [0.3, 0.4) is 0 Å². The van der Waals surface area contributed by atoms with Crippen LogP contribution in [0, 0.1) is 0 Å². The van der Waals surface area contributed by atoms with Crippen LogP contribution in [0.4, 0.5) is 0 Å². The average molecular weight is 276 g/mol. The van der Waals surface area contributed by atoms with Gasteiger partial charge in [0.05, 0.1) is 24.2 Å². The molecule has 0 fully saturated rings. The van der Waals surface area contributed by atoms with Crippen molar-refractivity contribution in [3.63, 3.8) is 0 Å². The third kappa shape index (κ3) is 3.94.